The van der Waals surface area contributed by atoms with Crippen molar-refractivity contribution in [1.82, 2.24) is 0 Å². The number of halogens is 6. The fourth-order valence-electron chi connectivity index (χ4n) is 1.27. The van der Waals surface area contributed by atoms with Gasteiger partial charge in [-0.05, 0) is 30.2 Å². The molecule has 1 atom stereocenters. The van der Waals surface area contributed by atoms with E-state index in [0.717, 1.165) is 12.1 Å². The molecule has 0 heterocycles. The Balaban J connectivity index is 0.00000256. The van der Waals surface area contributed by atoms with Crippen LogP contribution in [0.2, 0.25) is 5.02 Å². The minimum Gasteiger partial charge on any atom is -0.324 e. The van der Waals surface area contributed by atoms with Crippen LogP contribution in [0.4, 0.5) is 17.6 Å². The third kappa shape index (κ3) is 4.69. The van der Waals surface area contributed by atoms with Crippen LogP contribution < -0.4 is 5.73 Å². The van der Waals surface area contributed by atoms with Gasteiger partial charge in [-0.2, -0.15) is 13.2 Å². The lowest BCUT2D eigenvalue weighted by Crippen LogP contribution is -2.13. The van der Waals surface area contributed by atoms with Crippen molar-refractivity contribution in [3.63, 3.8) is 0 Å². The van der Waals surface area contributed by atoms with Gasteiger partial charge in [0.15, 0.2) is 0 Å². The van der Waals surface area contributed by atoms with E-state index >= 15 is 0 Å². The SMILES string of the molecule is Cl.N[C@@H](CCF)c1cc(Cl)cc(C(F)(F)F)c1. The minimum absolute atomic E-state index is 0. The van der Waals surface area contributed by atoms with Crippen molar-refractivity contribution in [3.8, 4) is 0 Å². The topological polar surface area (TPSA) is 26.0 Å². The molecule has 0 aliphatic carbocycles. The largest absolute Gasteiger partial charge is 0.416 e. The summed E-state index contributed by atoms with van der Waals surface area (Å²) in [5.74, 6) is 0. The van der Waals surface area contributed by atoms with Gasteiger partial charge in [-0.1, -0.05) is 11.6 Å². The van der Waals surface area contributed by atoms with Crippen molar-refractivity contribution in [2.75, 3.05) is 6.67 Å². The number of alkyl halides is 4. The van der Waals surface area contributed by atoms with Crippen LogP contribution in [0.5, 0.6) is 0 Å². The molecule has 17 heavy (non-hydrogen) atoms. The fourth-order valence-corrected chi connectivity index (χ4v) is 1.52. The van der Waals surface area contributed by atoms with Crippen molar-refractivity contribution < 1.29 is 17.6 Å². The highest BCUT2D eigenvalue weighted by Crippen LogP contribution is 2.33. The predicted octanol–water partition coefficient (Wildman–Crippen LogP) is 4.14. The molecule has 0 fully saturated rings. The highest BCUT2D eigenvalue weighted by molar-refractivity contribution is 6.30. The molecule has 0 amide bonds. The summed E-state index contributed by atoms with van der Waals surface area (Å²) >= 11 is 5.55. The average molecular weight is 292 g/mol. The molecule has 0 radical (unpaired) electrons. The van der Waals surface area contributed by atoms with E-state index in [4.69, 9.17) is 17.3 Å². The van der Waals surface area contributed by atoms with E-state index in [1.165, 1.54) is 6.07 Å². The first-order valence-electron chi connectivity index (χ1n) is 4.54. The van der Waals surface area contributed by atoms with Crippen molar-refractivity contribution in [2.45, 2.75) is 18.6 Å². The molecular weight excluding hydrogens is 281 g/mol. The molecule has 0 aromatic heterocycles. The molecule has 1 nitrogen and oxygen atoms in total. The van der Waals surface area contributed by atoms with Gasteiger partial charge >= 0.3 is 6.18 Å². The van der Waals surface area contributed by atoms with Crippen LogP contribution in [-0.4, -0.2) is 6.67 Å². The number of rotatable bonds is 3. The molecule has 0 bridgehead atoms. The van der Waals surface area contributed by atoms with E-state index in [1.54, 1.807) is 0 Å². The van der Waals surface area contributed by atoms with E-state index in [-0.39, 0.29) is 29.4 Å². The number of nitrogens with two attached hydrogens (primary N) is 1. The van der Waals surface area contributed by atoms with Crippen LogP contribution in [0.3, 0.4) is 0 Å². The Morgan fingerprint density at radius 2 is 1.82 bits per heavy atom. The van der Waals surface area contributed by atoms with Crippen LogP contribution in [0.1, 0.15) is 23.6 Å². The van der Waals surface area contributed by atoms with Gasteiger partial charge in [0.1, 0.15) is 0 Å². The van der Waals surface area contributed by atoms with Crippen LogP contribution in [0.25, 0.3) is 0 Å². The third-order valence-corrected chi connectivity index (χ3v) is 2.31. The highest BCUT2D eigenvalue weighted by Gasteiger charge is 2.31. The summed E-state index contributed by atoms with van der Waals surface area (Å²) in [6, 6.07) is 2.25. The predicted molar refractivity (Wildman–Crippen MR) is 61.2 cm³/mol. The number of benzene rings is 1. The second-order valence-electron chi connectivity index (χ2n) is 3.36. The van der Waals surface area contributed by atoms with Gasteiger partial charge in [0.25, 0.3) is 0 Å². The fraction of sp³-hybridized carbons (Fsp3) is 0.400. The second-order valence-corrected chi connectivity index (χ2v) is 3.79. The van der Waals surface area contributed by atoms with E-state index in [0.29, 0.717) is 0 Å². The summed E-state index contributed by atoms with van der Waals surface area (Å²) < 4.78 is 49.3. The number of hydrogen-bond donors (Lipinski definition) is 1. The van der Waals surface area contributed by atoms with Crippen LogP contribution in [0.15, 0.2) is 18.2 Å². The zero-order valence-corrected chi connectivity index (χ0v) is 10.2. The van der Waals surface area contributed by atoms with Crippen LogP contribution in [-0.2, 0) is 6.18 Å². The molecule has 1 aromatic carbocycles. The van der Waals surface area contributed by atoms with Crippen molar-refractivity contribution in [1.29, 1.82) is 0 Å². The summed E-state index contributed by atoms with van der Waals surface area (Å²) in [5.41, 5.74) is 4.84. The highest BCUT2D eigenvalue weighted by atomic mass is 35.5. The molecule has 98 valence electrons. The standard InChI is InChI=1S/C10H10ClF4N.ClH/c11-8-4-6(9(16)1-2-12)3-7(5-8)10(13,14)15;/h3-5,9H,1-2,16H2;1H/t9-;/m0./s1. The van der Waals surface area contributed by atoms with Gasteiger partial charge in [-0.3, -0.25) is 4.39 Å². The Morgan fingerprint density at radius 3 is 2.29 bits per heavy atom. The maximum atomic E-state index is 12.4. The van der Waals surface area contributed by atoms with Crippen molar-refractivity contribution >= 4 is 24.0 Å². The van der Waals surface area contributed by atoms with E-state index in [9.17, 15) is 17.6 Å². The minimum atomic E-state index is -4.48. The Kier molecular flexibility index (Phi) is 6.23. The van der Waals surface area contributed by atoms with E-state index < -0.39 is 24.5 Å². The van der Waals surface area contributed by atoms with Gasteiger partial charge in [0.05, 0.1) is 12.2 Å². The monoisotopic (exact) mass is 291 g/mol. The first kappa shape index (κ1) is 16.5. The summed E-state index contributed by atoms with van der Waals surface area (Å²) in [4.78, 5) is 0. The Labute approximate surface area is 107 Å². The number of hydrogen-bond acceptors (Lipinski definition) is 1. The van der Waals surface area contributed by atoms with E-state index in [1.807, 2.05) is 0 Å². The Hall–Kier alpha value is -0.520. The molecule has 2 N–H and O–H groups in total. The molecule has 0 saturated heterocycles. The quantitative estimate of drug-likeness (QED) is 0.832. The summed E-state index contributed by atoms with van der Waals surface area (Å²) in [5, 5.41) is -0.0564. The second kappa shape index (κ2) is 6.42. The Bertz CT molecular complexity index is 368. The van der Waals surface area contributed by atoms with Crippen LogP contribution in [0, 0.1) is 0 Å². The lowest BCUT2D eigenvalue weighted by atomic mass is 10.0. The zero-order chi connectivity index (χ0) is 12.3. The molecule has 0 aliphatic rings. The van der Waals surface area contributed by atoms with Crippen LogP contribution >= 0.6 is 24.0 Å². The van der Waals surface area contributed by atoms with Crippen molar-refractivity contribution in [3.05, 3.63) is 34.3 Å². The van der Waals surface area contributed by atoms with E-state index in [2.05, 4.69) is 0 Å². The average Bonchev–Trinajstić information content (AvgIpc) is 2.16. The lowest BCUT2D eigenvalue weighted by molar-refractivity contribution is -0.137. The first-order valence-corrected chi connectivity index (χ1v) is 4.91. The summed E-state index contributed by atoms with van der Waals surface area (Å²) in [6.45, 7) is -0.685. The summed E-state index contributed by atoms with van der Waals surface area (Å²) in [6.07, 6.45) is -4.51. The molecule has 1 rings (SSSR count). The third-order valence-electron chi connectivity index (χ3n) is 2.10. The maximum Gasteiger partial charge on any atom is 0.416 e. The summed E-state index contributed by atoms with van der Waals surface area (Å²) in [7, 11) is 0. The zero-order valence-electron chi connectivity index (χ0n) is 8.60. The molecule has 1 aromatic rings. The molecule has 0 saturated carbocycles. The van der Waals surface area contributed by atoms with Gasteiger partial charge in [-0.25, -0.2) is 0 Å². The molecule has 0 unspecified atom stereocenters. The first-order chi connectivity index (χ1) is 7.34. The normalized spacial score (nSPS) is 13.1. The van der Waals surface area contributed by atoms with Gasteiger partial charge in [-0.15, -0.1) is 12.4 Å². The molecule has 7 heteroatoms. The van der Waals surface area contributed by atoms with Gasteiger partial charge in [0.2, 0.25) is 0 Å². The van der Waals surface area contributed by atoms with Gasteiger partial charge < -0.3 is 5.73 Å². The smallest absolute Gasteiger partial charge is 0.324 e. The maximum absolute atomic E-state index is 12.4. The molecule has 0 spiro atoms. The van der Waals surface area contributed by atoms with Gasteiger partial charge in [0, 0.05) is 11.1 Å². The van der Waals surface area contributed by atoms with Crippen molar-refractivity contribution in [2.24, 2.45) is 5.73 Å². The Morgan fingerprint density at radius 1 is 1.24 bits per heavy atom. The lowest BCUT2D eigenvalue weighted by Gasteiger charge is -2.14. The molecular formula is C10H11Cl2F4N. The molecule has 0 aliphatic heterocycles.